The minimum atomic E-state index is -0.211. The summed E-state index contributed by atoms with van der Waals surface area (Å²) in [6.07, 6.45) is 7.30. The van der Waals surface area contributed by atoms with Gasteiger partial charge in [-0.05, 0) is 26.3 Å². The monoisotopic (exact) mass is 211 g/mol. The molecule has 0 radical (unpaired) electrons. The van der Waals surface area contributed by atoms with Crippen LogP contribution in [-0.4, -0.2) is 44.0 Å². The van der Waals surface area contributed by atoms with Crippen molar-refractivity contribution in [1.82, 2.24) is 4.90 Å². The van der Waals surface area contributed by atoms with Gasteiger partial charge in [0.2, 0.25) is 0 Å². The van der Waals surface area contributed by atoms with E-state index in [9.17, 15) is 4.79 Å². The van der Waals surface area contributed by atoms with Gasteiger partial charge in [0.25, 0.3) is 0 Å². The zero-order chi connectivity index (χ0) is 10.7. The van der Waals surface area contributed by atoms with E-state index in [0.717, 1.165) is 25.9 Å². The highest BCUT2D eigenvalue weighted by Gasteiger charge is 2.37. The highest BCUT2D eigenvalue weighted by atomic mass is 16.5. The Morgan fingerprint density at radius 2 is 2.20 bits per heavy atom. The number of aldehydes is 1. The van der Waals surface area contributed by atoms with Crippen molar-refractivity contribution in [2.75, 3.05) is 26.8 Å². The van der Waals surface area contributed by atoms with Crippen molar-refractivity contribution in [1.29, 1.82) is 0 Å². The molecule has 3 heteroatoms. The molecular formula is C12H21NO2. The molecule has 86 valence electrons. The summed E-state index contributed by atoms with van der Waals surface area (Å²) in [5, 5.41) is 0. The number of ether oxygens (including phenoxy) is 1. The van der Waals surface area contributed by atoms with E-state index in [-0.39, 0.29) is 5.41 Å². The smallest absolute Gasteiger partial charge is 0.129 e. The van der Waals surface area contributed by atoms with Crippen LogP contribution in [-0.2, 0) is 9.53 Å². The van der Waals surface area contributed by atoms with Gasteiger partial charge in [-0.2, -0.15) is 0 Å². The lowest BCUT2D eigenvalue weighted by Crippen LogP contribution is -2.41. The minimum Gasteiger partial charge on any atom is -0.380 e. The number of carbonyl (C=O) groups is 1. The molecule has 0 spiro atoms. The predicted molar refractivity (Wildman–Crippen MR) is 58.8 cm³/mol. The number of nitrogens with zero attached hydrogens (tertiary/aromatic N) is 1. The minimum absolute atomic E-state index is 0.211. The Kier molecular flexibility index (Phi) is 3.42. The van der Waals surface area contributed by atoms with Crippen LogP contribution in [0, 0.1) is 5.41 Å². The third-order valence-electron chi connectivity index (χ3n) is 3.90. The summed E-state index contributed by atoms with van der Waals surface area (Å²) in [4.78, 5) is 13.5. The van der Waals surface area contributed by atoms with Crippen molar-refractivity contribution in [3.63, 3.8) is 0 Å². The van der Waals surface area contributed by atoms with Crippen molar-refractivity contribution in [2.45, 2.75) is 38.1 Å². The lowest BCUT2D eigenvalue weighted by Gasteiger charge is -2.31. The molecule has 0 aromatic carbocycles. The van der Waals surface area contributed by atoms with E-state index in [2.05, 4.69) is 11.9 Å². The molecule has 0 bridgehead atoms. The Morgan fingerprint density at radius 3 is 2.73 bits per heavy atom. The molecule has 1 unspecified atom stereocenters. The van der Waals surface area contributed by atoms with Gasteiger partial charge >= 0.3 is 0 Å². The Balaban J connectivity index is 1.90. The average molecular weight is 211 g/mol. The van der Waals surface area contributed by atoms with Gasteiger partial charge < -0.3 is 14.4 Å². The van der Waals surface area contributed by atoms with Gasteiger partial charge in [0.1, 0.15) is 6.29 Å². The molecule has 2 fully saturated rings. The number of carbonyl (C=O) groups excluding carboxylic acids is 1. The Morgan fingerprint density at radius 1 is 1.47 bits per heavy atom. The molecule has 3 nitrogen and oxygen atoms in total. The van der Waals surface area contributed by atoms with E-state index in [1.807, 2.05) is 0 Å². The van der Waals surface area contributed by atoms with Crippen LogP contribution in [0.15, 0.2) is 0 Å². The summed E-state index contributed by atoms with van der Waals surface area (Å²) < 4.78 is 5.36. The molecule has 1 heterocycles. The quantitative estimate of drug-likeness (QED) is 0.659. The predicted octanol–water partition coefficient (Wildman–Crippen LogP) is 1.47. The van der Waals surface area contributed by atoms with Crippen molar-refractivity contribution < 1.29 is 9.53 Å². The van der Waals surface area contributed by atoms with Crippen LogP contribution in [0.3, 0.4) is 0 Å². The van der Waals surface area contributed by atoms with Crippen LogP contribution in [0.4, 0.5) is 0 Å². The zero-order valence-corrected chi connectivity index (χ0v) is 9.58. The Hall–Kier alpha value is -0.410. The molecule has 0 N–H and O–H groups in total. The summed E-state index contributed by atoms with van der Waals surface area (Å²) in [6, 6.07) is 0.697. The second kappa shape index (κ2) is 4.62. The fourth-order valence-electron chi connectivity index (χ4n) is 2.85. The molecule has 2 rings (SSSR count). The Bertz CT molecular complexity index is 218. The van der Waals surface area contributed by atoms with E-state index >= 15 is 0 Å². The third-order valence-corrected chi connectivity index (χ3v) is 3.90. The number of hydrogen-bond acceptors (Lipinski definition) is 3. The molecule has 1 aliphatic heterocycles. The average Bonchev–Trinajstić information content (AvgIpc) is 2.88. The summed E-state index contributed by atoms with van der Waals surface area (Å²) >= 11 is 0. The van der Waals surface area contributed by atoms with E-state index in [1.165, 1.54) is 25.7 Å². The molecule has 1 aliphatic carbocycles. The maximum atomic E-state index is 11.2. The van der Waals surface area contributed by atoms with Crippen LogP contribution in [0.1, 0.15) is 32.1 Å². The van der Waals surface area contributed by atoms with Gasteiger partial charge in [-0.3, -0.25) is 0 Å². The summed E-state index contributed by atoms with van der Waals surface area (Å²) in [5.41, 5.74) is -0.211. The zero-order valence-electron chi connectivity index (χ0n) is 9.58. The molecule has 1 saturated carbocycles. The van der Waals surface area contributed by atoms with Gasteiger partial charge in [0.05, 0.1) is 12.0 Å². The van der Waals surface area contributed by atoms with Crippen molar-refractivity contribution in [2.24, 2.45) is 5.41 Å². The largest absolute Gasteiger partial charge is 0.380 e. The lowest BCUT2D eigenvalue weighted by atomic mass is 9.88. The molecule has 0 aromatic rings. The maximum absolute atomic E-state index is 11.2. The van der Waals surface area contributed by atoms with Crippen LogP contribution in [0.2, 0.25) is 0 Å². The third kappa shape index (κ3) is 2.40. The maximum Gasteiger partial charge on any atom is 0.129 e. The Labute approximate surface area is 91.8 Å². The molecule has 1 saturated heterocycles. The van der Waals surface area contributed by atoms with E-state index in [4.69, 9.17) is 4.74 Å². The lowest BCUT2D eigenvalue weighted by molar-refractivity contribution is -0.117. The highest BCUT2D eigenvalue weighted by molar-refractivity contribution is 5.60. The van der Waals surface area contributed by atoms with Gasteiger partial charge in [0.15, 0.2) is 0 Å². The molecule has 2 aliphatic rings. The van der Waals surface area contributed by atoms with Gasteiger partial charge in [-0.15, -0.1) is 0 Å². The molecule has 0 amide bonds. The van der Waals surface area contributed by atoms with Crippen molar-refractivity contribution in [3.05, 3.63) is 0 Å². The second-order valence-electron chi connectivity index (χ2n) is 5.14. The van der Waals surface area contributed by atoms with Crippen LogP contribution < -0.4 is 0 Å². The normalized spacial score (nSPS) is 32.7. The topological polar surface area (TPSA) is 29.5 Å². The first-order valence-electron chi connectivity index (χ1n) is 6.00. The van der Waals surface area contributed by atoms with Crippen molar-refractivity contribution in [3.8, 4) is 0 Å². The van der Waals surface area contributed by atoms with Crippen LogP contribution >= 0.6 is 0 Å². The van der Waals surface area contributed by atoms with Gasteiger partial charge in [0, 0.05) is 19.2 Å². The van der Waals surface area contributed by atoms with Gasteiger partial charge in [-0.25, -0.2) is 0 Å². The van der Waals surface area contributed by atoms with E-state index in [0.29, 0.717) is 12.6 Å². The second-order valence-corrected chi connectivity index (χ2v) is 5.14. The summed E-state index contributed by atoms with van der Waals surface area (Å²) in [5.74, 6) is 0. The summed E-state index contributed by atoms with van der Waals surface area (Å²) in [7, 11) is 2.15. The first-order chi connectivity index (χ1) is 7.26. The number of hydrogen-bond donors (Lipinski definition) is 0. The van der Waals surface area contributed by atoms with E-state index in [1.54, 1.807) is 0 Å². The van der Waals surface area contributed by atoms with Crippen LogP contribution in [0.25, 0.3) is 0 Å². The standard InChI is InChI=1S/C12H21NO2/c1-13(11-4-2-3-5-11)8-12(9-14)6-7-15-10-12/h9,11H,2-8,10H2,1H3. The first kappa shape index (κ1) is 11.1. The van der Waals surface area contributed by atoms with Crippen LogP contribution in [0.5, 0.6) is 0 Å². The SMILES string of the molecule is CN(CC1(C=O)CCOC1)C1CCCC1. The fourth-order valence-corrected chi connectivity index (χ4v) is 2.85. The van der Waals surface area contributed by atoms with Gasteiger partial charge in [-0.1, -0.05) is 12.8 Å². The van der Waals surface area contributed by atoms with E-state index < -0.39 is 0 Å². The number of rotatable bonds is 4. The molecular weight excluding hydrogens is 190 g/mol. The van der Waals surface area contributed by atoms with Crippen molar-refractivity contribution >= 4 is 6.29 Å². The fraction of sp³-hybridized carbons (Fsp3) is 0.917. The molecule has 1 atom stereocenters. The molecule has 0 aromatic heterocycles. The molecule has 15 heavy (non-hydrogen) atoms. The highest BCUT2D eigenvalue weighted by Crippen LogP contribution is 2.30. The summed E-state index contributed by atoms with van der Waals surface area (Å²) in [6.45, 7) is 2.24. The first-order valence-corrected chi connectivity index (χ1v) is 6.00.